The standard InChI is InChI=1S/C15H28N4/c1-12(18(5)13-6-7-13)10-19-11-16-8-14(19)9-17-15(2,3)4/h8,11-13,17H,6-7,9-10H2,1-5H3. The van der Waals surface area contributed by atoms with Crippen LogP contribution >= 0.6 is 0 Å². The van der Waals surface area contributed by atoms with E-state index in [9.17, 15) is 0 Å². The number of aromatic nitrogens is 2. The third-order valence-electron chi connectivity index (χ3n) is 3.88. The van der Waals surface area contributed by atoms with Crippen molar-refractivity contribution in [3.05, 3.63) is 18.2 Å². The van der Waals surface area contributed by atoms with Gasteiger partial charge in [-0.05, 0) is 47.6 Å². The van der Waals surface area contributed by atoms with Crippen LogP contribution in [-0.2, 0) is 13.1 Å². The maximum atomic E-state index is 4.30. The van der Waals surface area contributed by atoms with Crippen LogP contribution in [0.25, 0.3) is 0 Å². The second-order valence-electron chi connectivity index (χ2n) is 6.89. The summed E-state index contributed by atoms with van der Waals surface area (Å²) in [5.74, 6) is 0. The Balaban J connectivity index is 1.91. The lowest BCUT2D eigenvalue weighted by atomic mass is 10.1. The van der Waals surface area contributed by atoms with Crippen molar-refractivity contribution in [2.75, 3.05) is 7.05 Å². The molecule has 1 aliphatic carbocycles. The van der Waals surface area contributed by atoms with Gasteiger partial charge in [-0.3, -0.25) is 4.90 Å². The SMILES string of the molecule is CC(Cn1cncc1CNC(C)(C)C)N(C)C1CC1. The minimum absolute atomic E-state index is 0.144. The molecule has 0 amide bonds. The summed E-state index contributed by atoms with van der Waals surface area (Å²) in [5.41, 5.74) is 1.41. The van der Waals surface area contributed by atoms with Gasteiger partial charge in [0.05, 0.1) is 12.0 Å². The van der Waals surface area contributed by atoms with E-state index < -0.39 is 0 Å². The first-order valence-electron chi connectivity index (χ1n) is 7.33. The summed E-state index contributed by atoms with van der Waals surface area (Å²) in [4.78, 5) is 6.80. The third kappa shape index (κ3) is 4.32. The van der Waals surface area contributed by atoms with Gasteiger partial charge < -0.3 is 9.88 Å². The summed E-state index contributed by atoms with van der Waals surface area (Å²) in [5, 5.41) is 3.53. The Morgan fingerprint density at radius 3 is 2.74 bits per heavy atom. The maximum Gasteiger partial charge on any atom is 0.0949 e. The van der Waals surface area contributed by atoms with Gasteiger partial charge in [-0.2, -0.15) is 0 Å². The van der Waals surface area contributed by atoms with Gasteiger partial charge in [0, 0.05) is 36.9 Å². The average Bonchev–Trinajstić information content (AvgIpc) is 3.07. The minimum Gasteiger partial charge on any atom is -0.332 e. The molecular formula is C15H28N4. The van der Waals surface area contributed by atoms with Crippen LogP contribution in [0.3, 0.4) is 0 Å². The van der Waals surface area contributed by atoms with Crippen LogP contribution in [-0.4, -0.2) is 39.1 Å². The average molecular weight is 264 g/mol. The second-order valence-corrected chi connectivity index (χ2v) is 6.89. The number of nitrogens with one attached hydrogen (secondary N) is 1. The van der Waals surface area contributed by atoms with E-state index in [4.69, 9.17) is 0 Å². The Morgan fingerprint density at radius 1 is 1.47 bits per heavy atom. The Morgan fingerprint density at radius 2 is 2.16 bits per heavy atom. The number of hydrogen-bond acceptors (Lipinski definition) is 3. The van der Waals surface area contributed by atoms with Crippen LogP contribution in [0.2, 0.25) is 0 Å². The fraction of sp³-hybridized carbons (Fsp3) is 0.800. The molecule has 1 heterocycles. The van der Waals surface area contributed by atoms with Crippen molar-refractivity contribution in [2.45, 2.75) is 71.2 Å². The molecule has 0 spiro atoms. The summed E-state index contributed by atoms with van der Waals surface area (Å²) < 4.78 is 2.28. The highest BCUT2D eigenvalue weighted by atomic mass is 15.2. The topological polar surface area (TPSA) is 33.1 Å². The second kappa shape index (κ2) is 5.63. The fourth-order valence-electron chi connectivity index (χ4n) is 2.27. The van der Waals surface area contributed by atoms with Gasteiger partial charge in [0.2, 0.25) is 0 Å². The zero-order valence-electron chi connectivity index (χ0n) is 13.0. The van der Waals surface area contributed by atoms with Gasteiger partial charge in [-0.25, -0.2) is 4.98 Å². The summed E-state index contributed by atoms with van der Waals surface area (Å²) >= 11 is 0. The Bertz CT molecular complexity index is 401. The van der Waals surface area contributed by atoms with Gasteiger partial charge in [-0.1, -0.05) is 0 Å². The summed E-state index contributed by atoms with van der Waals surface area (Å²) in [6.07, 6.45) is 6.66. The molecule has 4 nitrogen and oxygen atoms in total. The molecule has 0 aliphatic heterocycles. The van der Waals surface area contributed by atoms with E-state index in [0.717, 1.165) is 19.1 Å². The lowest BCUT2D eigenvalue weighted by Crippen LogP contribution is -2.37. The molecule has 4 heteroatoms. The third-order valence-corrected chi connectivity index (χ3v) is 3.88. The van der Waals surface area contributed by atoms with Crippen molar-refractivity contribution >= 4 is 0 Å². The van der Waals surface area contributed by atoms with Crippen molar-refractivity contribution in [3.8, 4) is 0 Å². The van der Waals surface area contributed by atoms with Crippen LogP contribution in [0.4, 0.5) is 0 Å². The van der Waals surface area contributed by atoms with Gasteiger partial charge in [0.25, 0.3) is 0 Å². The molecule has 0 bridgehead atoms. The summed E-state index contributed by atoms with van der Waals surface area (Å²) in [6, 6.07) is 1.38. The number of imidazole rings is 1. The Kier molecular flexibility index (Phi) is 4.31. The van der Waals surface area contributed by atoms with Crippen molar-refractivity contribution in [1.82, 2.24) is 19.8 Å². The van der Waals surface area contributed by atoms with Crippen molar-refractivity contribution in [1.29, 1.82) is 0 Å². The molecule has 1 N–H and O–H groups in total. The number of rotatable bonds is 6. The van der Waals surface area contributed by atoms with Gasteiger partial charge in [-0.15, -0.1) is 0 Å². The monoisotopic (exact) mass is 264 g/mol. The molecule has 0 radical (unpaired) electrons. The highest BCUT2D eigenvalue weighted by molar-refractivity contribution is 5.00. The molecule has 0 saturated heterocycles. The van der Waals surface area contributed by atoms with Crippen LogP contribution < -0.4 is 5.32 Å². The molecule has 2 rings (SSSR count). The molecule has 1 saturated carbocycles. The van der Waals surface area contributed by atoms with E-state index in [0.29, 0.717) is 6.04 Å². The highest BCUT2D eigenvalue weighted by Crippen LogP contribution is 2.27. The molecule has 108 valence electrons. The van der Waals surface area contributed by atoms with Crippen LogP contribution in [0.1, 0.15) is 46.2 Å². The molecule has 19 heavy (non-hydrogen) atoms. The van der Waals surface area contributed by atoms with Gasteiger partial charge >= 0.3 is 0 Å². The Labute approximate surface area is 117 Å². The minimum atomic E-state index is 0.144. The normalized spacial score (nSPS) is 18.0. The van der Waals surface area contributed by atoms with Crippen LogP contribution in [0.15, 0.2) is 12.5 Å². The lowest BCUT2D eigenvalue weighted by Gasteiger charge is -2.26. The molecule has 1 unspecified atom stereocenters. The maximum absolute atomic E-state index is 4.30. The fourth-order valence-corrected chi connectivity index (χ4v) is 2.27. The largest absolute Gasteiger partial charge is 0.332 e. The van der Waals surface area contributed by atoms with E-state index >= 15 is 0 Å². The number of nitrogens with zero attached hydrogens (tertiary/aromatic N) is 3. The quantitative estimate of drug-likeness (QED) is 0.855. The molecule has 1 aromatic heterocycles. The zero-order valence-corrected chi connectivity index (χ0v) is 13.0. The first kappa shape index (κ1) is 14.5. The summed E-state index contributed by atoms with van der Waals surface area (Å²) in [6.45, 7) is 10.8. The predicted molar refractivity (Wildman–Crippen MR) is 79.1 cm³/mol. The molecule has 1 aliphatic rings. The van der Waals surface area contributed by atoms with Crippen molar-refractivity contribution in [3.63, 3.8) is 0 Å². The molecule has 1 fully saturated rings. The number of likely N-dealkylation sites (N-methyl/N-ethyl adjacent to an activating group) is 1. The van der Waals surface area contributed by atoms with Crippen molar-refractivity contribution < 1.29 is 0 Å². The molecule has 1 aromatic rings. The molecule has 0 aromatic carbocycles. The van der Waals surface area contributed by atoms with Crippen LogP contribution in [0, 0.1) is 0 Å². The van der Waals surface area contributed by atoms with Crippen molar-refractivity contribution in [2.24, 2.45) is 0 Å². The zero-order chi connectivity index (χ0) is 14.0. The smallest absolute Gasteiger partial charge is 0.0949 e. The lowest BCUT2D eigenvalue weighted by molar-refractivity contribution is 0.224. The first-order chi connectivity index (χ1) is 8.87. The summed E-state index contributed by atoms with van der Waals surface area (Å²) in [7, 11) is 2.24. The first-order valence-corrected chi connectivity index (χ1v) is 7.33. The predicted octanol–water partition coefficient (Wildman–Crippen LogP) is 2.25. The van der Waals surface area contributed by atoms with E-state index in [1.54, 1.807) is 0 Å². The molecular weight excluding hydrogens is 236 g/mol. The van der Waals surface area contributed by atoms with E-state index in [1.165, 1.54) is 18.5 Å². The van der Waals surface area contributed by atoms with E-state index in [-0.39, 0.29) is 5.54 Å². The van der Waals surface area contributed by atoms with Gasteiger partial charge in [0.15, 0.2) is 0 Å². The molecule has 1 atom stereocenters. The highest BCUT2D eigenvalue weighted by Gasteiger charge is 2.29. The van der Waals surface area contributed by atoms with Crippen LogP contribution in [0.5, 0.6) is 0 Å². The van der Waals surface area contributed by atoms with E-state index in [2.05, 4.69) is 54.5 Å². The van der Waals surface area contributed by atoms with E-state index in [1.807, 2.05) is 12.5 Å². The Hall–Kier alpha value is -0.870. The van der Waals surface area contributed by atoms with Gasteiger partial charge in [0.1, 0.15) is 0 Å². The number of hydrogen-bond donors (Lipinski definition) is 1.